The molecule has 1 N–H and O–H groups in total. The quantitative estimate of drug-likeness (QED) is 0.547. The first kappa shape index (κ1) is 23.9. The number of rotatable bonds is 7. The molecule has 0 aliphatic carbocycles. The fraction of sp³-hybridized carbons (Fsp3) is 0.375. The van der Waals surface area contributed by atoms with Crippen molar-refractivity contribution in [2.45, 2.75) is 40.7 Å². The van der Waals surface area contributed by atoms with E-state index in [1.807, 2.05) is 26.0 Å². The van der Waals surface area contributed by atoms with Crippen LogP contribution in [0.15, 0.2) is 30.5 Å². The van der Waals surface area contributed by atoms with E-state index in [1.54, 1.807) is 32.5 Å². The fourth-order valence-corrected chi connectivity index (χ4v) is 3.40. The van der Waals surface area contributed by atoms with Gasteiger partial charge in [0, 0.05) is 24.9 Å². The molecule has 9 heteroatoms. The topological polar surface area (TPSA) is 108 Å². The highest BCUT2D eigenvalue weighted by Crippen LogP contribution is 2.31. The Bertz CT molecular complexity index is 1170. The summed E-state index contributed by atoms with van der Waals surface area (Å²) in [6.45, 7) is 9.25. The predicted octanol–water partition coefficient (Wildman–Crippen LogP) is 3.55. The van der Waals surface area contributed by atoms with Gasteiger partial charge >= 0.3 is 5.97 Å². The summed E-state index contributed by atoms with van der Waals surface area (Å²) in [6.07, 6.45) is 1.42. The minimum absolute atomic E-state index is 0.0164. The first-order valence-electron chi connectivity index (χ1n) is 10.7. The van der Waals surface area contributed by atoms with Crippen LogP contribution >= 0.6 is 0 Å². The van der Waals surface area contributed by atoms with Crippen molar-refractivity contribution in [2.24, 2.45) is 13.0 Å². The number of hydrogen-bond donors (Lipinski definition) is 1. The molecule has 2 aromatic heterocycles. The van der Waals surface area contributed by atoms with Gasteiger partial charge in [0.05, 0.1) is 19.1 Å². The summed E-state index contributed by atoms with van der Waals surface area (Å²) >= 11 is 0. The third kappa shape index (κ3) is 5.36. The molecule has 3 rings (SSSR count). The summed E-state index contributed by atoms with van der Waals surface area (Å²) in [7, 11) is 3.21. The van der Waals surface area contributed by atoms with Crippen molar-refractivity contribution in [1.82, 2.24) is 25.1 Å². The second kappa shape index (κ2) is 9.81. The van der Waals surface area contributed by atoms with Crippen molar-refractivity contribution in [3.05, 3.63) is 53.1 Å². The molecule has 0 fully saturated rings. The molecule has 0 bridgehead atoms. The third-order valence-electron chi connectivity index (χ3n) is 4.99. The number of esters is 1. The molecule has 1 aromatic carbocycles. The second-order valence-electron chi connectivity index (χ2n) is 8.26. The van der Waals surface area contributed by atoms with Gasteiger partial charge in [-0.1, -0.05) is 31.0 Å². The minimum Gasteiger partial charge on any atom is -0.493 e. The molecular formula is C24H29N5O4. The molecule has 174 valence electrons. The Morgan fingerprint density at radius 2 is 1.76 bits per heavy atom. The summed E-state index contributed by atoms with van der Waals surface area (Å²) in [6, 6.07) is 7.16. The summed E-state index contributed by atoms with van der Waals surface area (Å²) in [4.78, 5) is 34.0. The number of amides is 1. The Hall–Kier alpha value is -3.75. The van der Waals surface area contributed by atoms with Gasteiger partial charge in [-0.2, -0.15) is 5.10 Å². The Morgan fingerprint density at radius 1 is 1.09 bits per heavy atom. The van der Waals surface area contributed by atoms with Crippen molar-refractivity contribution in [2.75, 3.05) is 7.11 Å². The van der Waals surface area contributed by atoms with E-state index >= 15 is 0 Å². The van der Waals surface area contributed by atoms with Crippen LogP contribution < -0.4 is 14.8 Å². The minimum atomic E-state index is -0.524. The van der Waals surface area contributed by atoms with Crippen molar-refractivity contribution in [3.63, 3.8) is 0 Å². The Morgan fingerprint density at radius 3 is 2.36 bits per heavy atom. The van der Waals surface area contributed by atoms with Crippen molar-refractivity contribution in [1.29, 1.82) is 0 Å². The number of nitrogens with one attached hydrogen (secondary N) is 1. The number of nitrogens with zero attached hydrogens (tertiary/aromatic N) is 4. The number of pyridine rings is 1. The monoisotopic (exact) mass is 451 g/mol. The largest absolute Gasteiger partial charge is 0.493 e. The number of hydrogen-bond acceptors (Lipinski definition) is 7. The zero-order valence-electron chi connectivity index (χ0n) is 20.0. The Kier molecular flexibility index (Phi) is 7.10. The van der Waals surface area contributed by atoms with Crippen molar-refractivity contribution in [3.8, 4) is 22.9 Å². The number of aromatic nitrogens is 4. The number of carbonyl (C=O) groups excluding carboxylic acids is 2. The van der Waals surface area contributed by atoms with Crippen LogP contribution in [0.1, 0.15) is 54.3 Å². The van der Waals surface area contributed by atoms with Gasteiger partial charge < -0.3 is 14.8 Å². The molecule has 3 aromatic rings. The smallest absolute Gasteiger partial charge is 0.313 e. The van der Waals surface area contributed by atoms with E-state index in [0.717, 1.165) is 16.7 Å². The fourth-order valence-electron chi connectivity index (χ4n) is 3.40. The van der Waals surface area contributed by atoms with E-state index in [-0.39, 0.29) is 23.1 Å². The van der Waals surface area contributed by atoms with E-state index in [0.29, 0.717) is 11.6 Å². The average molecular weight is 452 g/mol. The maximum absolute atomic E-state index is 13.1. The highest BCUT2D eigenvalue weighted by Gasteiger charge is 2.25. The van der Waals surface area contributed by atoms with Crippen LogP contribution in [-0.2, 0) is 11.8 Å². The van der Waals surface area contributed by atoms with Crippen molar-refractivity contribution < 1.29 is 19.1 Å². The van der Waals surface area contributed by atoms with Gasteiger partial charge in [-0.3, -0.25) is 14.3 Å². The van der Waals surface area contributed by atoms with Crippen LogP contribution in [-0.4, -0.2) is 38.7 Å². The molecule has 0 saturated carbocycles. The highest BCUT2D eigenvalue weighted by molar-refractivity contribution is 5.97. The predicted molar refractivity (Wildman–Crippen MR) is 123 cm³/mol. The highest BCUT2D eigenvalue weighted by atomic mass is 16.6. The van der Waals surface area contributed by atoms with Gasteiger partial charge in [-0.25, -0.2) is 9.97 Å². The number of carbonyl (C=O) groups is 2. The molecule has 0 unspecified atom stereocenters. The van der Waals surface area contributed by atoms with Crippen molar-refractivity contribution >= 4 is 11.9 Å². The number of methoxy groups -OCH3 is 1. The molecule has 1 amide bonds. The van der Waals surface area contributed by atoms with E-state index in [4.69, 9.17) is 9.47 Å². The third-order valence-corrected chi connectivity index (χ3v) is 4.99. The molecule has 0 aliphatic rings. The van der Waals surface area contributed by atoms with Gasteiger partial charge in [-0.15, -0.1) is 0 Å². The molecule has 0 saturated heterocycles. The first-order chi connectivity index (χ1) is 15.6. The molecule has 9 nitrogen and oxygen atoms in total. The number of ether oxygens (including phenoxy) is 2. The van der Waals surface area contributed by atoms with Crippen LogP contribution in [0.3, 0.4) is 0 Å². The zero-order chi connectivity index (χ0) is 24.3. The Labute approximate surface area is 193 Å². The summed E-state index contributed by atoms with van der Waals surface area (Å²) in [5.41, 5.74) is 3.10. The molecule has 0 spiro atoms. The molecule has 0 aliphatic heterocycles. The molecular weight excluding hydrogens is 422 g/mol. The molecule has 1 atom stereocenters. The van der Waals surface area contributed by atoms with Gasteiger partial charge in [0.25, 0.3) is 5.91 Å². The van der Waals surface area contributed by atoms with Crippen LogP contribution in [0, 0.1) is 19.8 Å². The summed E-state index contributed by atoms with van der Waals surface area (Å²) in [5.74, 6) is -0.0248. The molecule has 33 heavy (non-hydrogen) atoms. The van der Waals surface area contributed by atoms with Crippen LogP contribution in [0.25, 0.3) is 11.4 Å². The average Bonchev–Trinajstić information content (AvgIpc) is 3.14. The van der Waals surface area contributed by atoms with E-state index in [2.05, 4.69) is 26.4 Å². The molecule has 2 heterocycles. The maximum atomic E-state index is 13.1. The van der Waals surface area contributed by atoms with Gasteiger partial charge in [-0.05, 0) is 32.9 Å². The zero-order valence-corrected chi connectivity index (χ0v) is 20.0. The lowest BCUT2D eigenvalue weighted by molar-refractivity contribution is -0.137. The molecule has 0 radical (unpaired) electrons. The second-order valence-corrected chi connectivity index (χ2v) is 8.26. The summed E-state index contributed by atoms with van der Waals surface area (Å²) < 4.78 is 12.3. The SMILES string of the molecule is COc1ccnc(C(=O)N[C@@H](C)c2nc(-c3cc(C)cc(C)c3)nn2C)c1OC(=O)C(C)C. The van der Waals surface area contributed by atoms with Crippen LogP contribution in [0.4, 0.5) is 0 Å². The van der Waals surface area contributed by atoms with Gasteiger partial charge in [0.1, 0.15) is 5.82 Å². The lowest BCUT2D eigenvalue weighted by Crippen LogP contribution is -2.30. The summed E-state index contributed by atoms with van der Waals surface area (Å²) in [5, 5.41) is 7.38. The number of aryl methyl sites for hydroxylation is 3. The van der Waals surface area contributed by atoms with E-state index in [9.17, 15) is 9.59 Å². The van der Waals surface area contributed by atoms with E-state index in [1.165, 1.54) is 19.4 Å². The standard InChI is InChI=1S/C24H29N5O4/c1-13(2)24(31)33-20-18(32-7)8-9-25-19(20)23(30)26-16(5)22-27-21(28-29(22)6)17-11-14(3)10-15(4)12-17/h8-13,16H,1-7H3,(H,26,30)/t16-/m0/s1. The van der Waals surface area contributed by atoms with E-state index < -0.39 is 17.9 Å². The maximum Gasteiger partial charge on any atom is 0.313 e. The Balaban J connectivity index is 1.87. The van der Waals surface area contributed by atoms with Gasteiger partial charge in [0.2, 0.25) is 5.75 Å². The lowest BCUT2D eigenvalue weighted by Gasteiger charge is -2.16. The normalized spacial score (nSPS) is 11.9. The van der Waals surface area contributed by atoms with Crippen LogP contribution in [0.2, 0.25) is 0 Å². The lowest BCUT2D eigenvalue weighted by atomic mass is 10.1. The van der Waals surface area contributed by atoms with Crippen LogP contribution in [0.5, 0.6) is 11.5 Å². The van der Waals surface area contributed by atoms with Gasteiger partial charge in [0.15, 0.2) is 17.3 Å². The number of benzene rings is 1. The first-order valence-corrected chi connectivity index (χ1v) is 10.7.